The van der Waals surface area contributed by atoms with E-state index >= 15 is 0 Å². The molecule has 0 radical (unpaired) electrons. The van der Waals surface area contributed by atoms with Gasteiger partial charge in [0, 0.05) is 16.4 Å². The molecular weight excluding hydrogens is 633 g/mol. The molecule has 8 aromatic rings. The third-order valence-corrected chi connectivity index (χ3v) is 10.8. The van der Waals surface area contributed by atoms with Crippen molar-refractivity contribution in [1.29, 1.82) is 0 Å². The van der Waals surface area contributed by atoms with E-state index < -0.39 is 0 Å². The maximum atomic E-state index is 6.72. The van der Waals surface area contributed by atoms with Gasteiger partial charge >= 0.3 is 0 Å². The van der Waals surface area contributed by atoms with Crippen molar-refractivity contribution in [2.45, 2.75) is 31.5 Å². The maximum Gasteiger partial charge on any atom is 0.135 e. The molecule has 0 fully saturated rings. The molecule has 1 aliphatic carbocycles. The van der Waals surface area contributed by atoms with E-state index in [2.05, 4.69) is 159 Å². The first-order valence-electron chi connectivity index (χ1n) is 18.0. The maximum absolute atomic E-state index is 6.72. The van der Waals surface area contributed by atoms with Crippen molar-refractivity contribution in [2.24, 2.45) is 5.73 Å². The first-order valence-corrected chi connectivity index (χ1v) is 18.0. The average molecular weight is 673 g/mol. The lowest BCUT2D eigenvalue weighted by atomic mass is 9.81. The van der Waals surface area contributed by atoms with E-state index in [0.29, 0.717) is 0 Å². The summed E-state index contributed by atoms with van der Waals surface area (Å²) in [6.45, 7) is 4.70. The van der Waals surface area contributed by atoms with Crippen molar-refractivity contribution >= 4 is 27.8 Å². The Morgan fingerprint density at radius 1 is 0.577 bits per heavy atom. The molecule has 9 rings (SSSR count). The molecular formula is C49H40N2O. The van der Waals surface area contributed by atoms with Gasteiger partial charge in [-0.05, 0) is 85.1 Å². The number of furan rings is 1. The van der Waals surface area contributed by atoms with Crippen LogP contribution in [0.4, 0.5) is 0 Å². The summed E-state index contributed by atoms with van der Waals surface area (Å²) in [5.41, 5.74) is 19.8. The summed E-state index contributed by atoms with van der Waals surface area (Å²) >= 11 is 0. The second kappa shape index (κ2) is 13.0. The molecule has 0 saturated heterocycles. The van der Waals surface area contributed by atoms with Gasteiger partial charge < -0.3 is 10.2 Å². The fourth-order valence-corrected chi connectivity index (χ4v) is 7.89. The van der Waals surface area contributed by atoms with Crippen molar-refractivity contribution < 1.29 is 4.42 Å². The molecule has 3 nitrogen and oxygen atoms in total. The zero-order valence-corrected chi connectivity index (χ0v) is 29.4. The number of rotatable bonds is 8. The molecule has 0 amide bonds. The highest BCUT2D eigenvalue weighted by Gasteiger charge is 2.37. The lowest BCUT2D eigenvalue weighted by Crippen LogP contribution is -2.31. The van der Waals surface area contributed by atoms with E-state index in [-0.39, 0.29) is 17.6 Å². The summed E-state index contributed by atoms with van der Waals surface area (Å²) in [7, 11) is 0. The van der Waals surface area contributed by atoms with Crippen LogP contribution < -0.4 is 11.1 Å². The fourth-order valence-electron chi connectivity index (χ4n) is 7.89. The average Bonchev–Trinajstić information content (AvgIpc) is 3.72. The van der Waals surface area contributed by atoms with Crippen molar-refractivity contribution in [2.75, 3.05) is 0 Å². The highest BCUT2D eigenvalue weighted by molar-refractivity contribution is 5.98. The van der Waals surface area contributed by atoms with E-state index in [1.54, 1.807) is 0 Å². The molecule has 52 heavy (non-hydrogen) atoms. The van der Waals surface area contributed by atoms with Crippen LogP contribution in [0.15, 0.2) is 174 Å². The Bertz CT molecular complexity index is 2540. The van der Waals surface area contributed by atoms with Gasteiger partial charge in [0.25, 0.3) is 0 Å². The molecule has 3 N–H and O–H groups in total. The van der Waals surface area contributed by atoms with Gasteiger partial charge in [-0.2, -0.15) is 0 Å². The third kappa shape index (κ3) is 5.75. The van der Waals surface area contributed by atoms with E-state index in [1.807, 2.05) is 36.4 Å². The molecule has 252 valence electrons. The second-order valence-corrected chi connectivity index (χ2v) is 14.4. The SMILES string of the molecule is CC1(C)c2cc3ccccc3cc2-c2c(-c3ccc(/C=C/C(NC(N)c4ccccc4)c4ccc(-c5cc6ccccc6o5)cc4)cc3)cccc21. The van der Waals surface area contributed by atoms with Gasteiger partial charge in [0.2, 0.25) is 0 Å². The van der Waals surface area contributed by atoms with Crippen LogP contribution in [0.1, 0.15) is 53.9 Å². The molecule has 0 bridgehead atoms. The van der Waals surface area contributed by atoms with Crippen molar-refractivity contribution in [1.82, 2.24) is 5.32 Å². The van der Waals surface area contributed by atoms with Gasteiger partial charge in [-0.1, -0.05) is 166 Å². The summed E-state index contributed by atoms with van der Waals surface area (Å²) in [6, 6.07) is 58.0. The van der Waals surface area contributed by atoms with Crippen LogP contribution in [0.25, 0.3) is 61.4 Å². The summed E-state index contributed by atoms with van der Waals surface area (Å²) in [5.74, 6) is 0.860. The first-order chi connectivity index (χ1) is 25.4. The van der Waals surface area contributed by atoms with Crippen molar-refractivity contribution in [3.63, 3.8) is 0 Å². The Labute approximate surface area is 305 Å². The first kappa shape index (κ1) is 31.9. The van der Waals surface area contributed by atoms with E-state index in [9.17, 15) is 0 Å². The summed E-state index contributed by atoms with van der Waals surface area (Å²) in [5, 5.41) is 7.33. The predicted molar refractivity (Wildman–Crippen MR) is 217 cm³/mol. The quantitative estimate of drug-likeness (QED) is 0.158. The standard InChI is InChI=1S/C49H40N2O/c1-49(2)42-17-10-16-40(47(42)41-29-37-13-6-7-14-38(37)30-43(41)49)33-22-19-32(20-23-33)21-28-44(51-48(50)36-11-4-3-5-12-36)34-24-26-35(27-25-34)46-31-39-15-8-9-18-45(39)52-46/h3-31,44,48,51H,50H2,1-2H3/b28-21+. The monoisotopic (exact) mass is 672 g/mol. The minimum Gasteiger partial charge on any atom is -0.456 e. The van der Waals surface area contributed by atoms with Gasteiger partial charge in [-0.25, -0.2) is 0 Å². The Balaban J connectivity index is 1.02. The summed E-state index contributed by atoms with van der Waals surface area (Å²) in [6.07, 6.45) is 4.06. The highest BCUT2D eigenvalue weighted by atomic mass is 16.3. The number of para-hydroxylation sites is 1. The van der Waals surface area contributed by atoms with E-state index in [0.717, 1.165) is 39.0 Å². The molecule has 2 atom stereocenters. The van der Waals surface area contributed by atoms with Crippen molar-refractivity contribution in [3.8, 4) is 33.6 Å². The van der Waals surface area contributed by atoms with Crippen LogP contribution in [0, 0.1) is 0 Å². The fraction of sp³-hybridized carbons (Fsp3) is 0.102. The number of nitrogens with one attached hydrogen (secondary N) is 1. The van der Waals surface area contributed by atoms with Gasteiger partial charge in [-0.15, -0.1) is 0 Å². The number of hydrogen-bond donors (Lipinski definition) is 2. The topological polar surface area (TPSA) is 51.2 Å². The minimum atomic E-state index is -0.335. The largest absolute Gasteiger partial charge is 0.456 e. The van der Waals surface area contributed by atoms with Crippen LogP contribution in [-0.2, 0) is 5.41 Å². The van der Waals surface area contributed by atoms with Gasteiger partial charge in [0.1, 0.15) is 11.3 Å². The summed E-state index contributed by atoms with van der Waals surface area (Å²) in [4.78, 5) is 0. The van der Waals surface area contributed by atoms with Crippen molar-refractivity contribution in [3.05, 3.63) is 198 Å². The van der Waals surface area contributed by atoms with Crippen LogP contribution in [0.3, 0.4) is 0 Å². The smallest absolute Gasteiger partial charge is 0.135 e. The molecule has 1 aromatic heterocycles. The second-order valence-electron chi connectivity index (χ2n) is 14.4. The number of nitrogens with two attached hydrogens (primary N) is 1. The van der Waals surface area contributed by atoms with Crippen LogP contribution in [0.2, 0.25) is 0 Å². The number of fused-ring (bicyclic) bond motifs is 5. The molecule has 0 saturated carbocycles. The van der Waals surface area contributed by atoms with E-state index in [4.69, 9.17) is 10.2 Å². The zero-order valence-electron chi connectivity index (χ0n) is 29.4. The number of hydrogen-bond acceptors (Lipinski definition) is 3. The Morgan fingerprint density at radius 3 is 2.00 bits per heavy atom. The Kier molecular flexibility index (Phi) is 7.96. The lowest BCUT2D eigenvalue weighted by Gasteiger charge is -2.22. The Hall–Kier alpha value is -6.00. The molecule has 2 unspecified atom stereocenters. The van der Waals surface area contributed by atoms with Crippen LogP contribution in [-0.4, -0.2) is 0 Å². The Morgan fingerprint density at radius 2 is 1.25 bits per heavy atom. The molecule has 0 spiro atoms. The van der Waals surface area contributed by atoms with Gasteiger partial charge in [-0.3, -0.25) is 5.32 Å². The molecule has 3 heteroatoms. The number of benzene rings is 7. The summed E-state index contributed by atoms with van der Waals surface area (Å²) < 4.78 is 6.14. The van der Waals surface area contributed by atoms with Crippen LogP contribution in [0.5, 0.6) is 0 Å². The molecule has 7 aromatic carbocycles. The van der Waals surface area contributed by atoms with Gasteiger partial charge in [0.05, 0.1) is 12.2 Å². The predicted octanol–water partition coefficient (Wildman–Crippen LogP) is 12.2. The lowest BCUT2D eigenvalue weighted by molar-refractivity contribution is 0.509. The molecule has 0 aliphatic heterocycles. The highest BCUT2D eigenvalue weighted by Crippen LogP contribution is 2.53. The minimum absolute atomic E-state index is 0.0692. The molecule has 1 heterocycles. The zero-order chi connectivity index (χ0) is 35.2. The molecule has 1 aliphatic rings. The van der Waals surface area contributed by atoms with Gasteiger partial charge in [0.15, 0.2) is 0 Å². The third-order valence-electron chi connectivity index (χ3n) is 10.8. The normalized spacial score (nSPS) is 14.4. The van der Waals surface area contributed by atoms with E-state index in [1.165, 1.54) is 44.2 Å². The van der Waals surface area contributed by atoms with Crippen LogP contribution >= 0.6 is 0 Å².